The van der Waals surface area contributed by atoms with E-state index in [2.05, 4.69) is 24.4 Å². The van der Waals surface area contributed by atoms with Crippen LogP contribution in [0.15, 0.2) is 42.5 Å². The van der Waals surface area contributed by atoms with Gasteiger partial charge in [-0.2, -0.15) is 0 Å². The highest BCUT2D eigenvalue weighted by atomic mass is 19.1. The lowest BCUT2D eigenvalue weighted by Crippen LogP contribution is -1.97. The van der Waals surface area contributed by atoms with Gasteiger partial charge in [-0.3, -0.25) is 0 Å². The average Bonchev–Trinajstić information content (AvgIpc) is 2.37. The highest BCUT2D eigenvalue weighted by molar-refractivity contribution is 5.72. The van der Waals surface area contributed by atoms with Crippen molar-refractivity contribution in [2.24, 2.45) is 0 Å². The molecule has 0 fully saturated rings. The largest absolute Gasteiger partial charge is 0.397 e. The Bertz CT molecular complexity index is 521. The van der Waals surface area contributed by atoms with Crippen LogP contribution in [0.25, 0.3) is 0 Å². The lowest BCUT2D eigenvalue weighted by atomic mass is 10.1. The van der Waals surface area contributed by atoms with Crippen LogP contribution < -0.4 is 11.1 Å². The Morgan fingerprint density at radius 3 is 2.50 bits per heavy atom. The molecule has 0 spiro atoms. The van der Waals surface area contributed by atoms with Crippen LogP contribution in [0.2, 0.25) is 0 Å². The summed E-state index contributed by atoms with van der Waals surface area (Å²) in [5.41, 5.74) is 9.13. The number of nitrogen functional groups attached to an aromatic ring is 1. The number of anilines is 3. The van der Waals surface area contributed by atoms with Gasteiger partial charge in [0.2, 0.25) is 0 Å². The van der Waals surface area contributed by atoms with E-state index in [1.807, 2.05) is 12.1 Å². The topological polar surface area (TPSA) is 38.0 Å². The zero-order valence-electron chi connectivity index (χ0n) is 10.4. The Hall–Kier alpha value is -2.03. The second-order valence-electron chi connectivity index (χ2n) is 4.30. The van der Waals surface area contributed by atoms with Gasteiger partial charge < -0.3 is 11.1 Å². The number of hydrogen-bond donors (Lipinski definition) is 2. The van der Waals surface area contributed by atoms with E-state index in [0.717, 1.165) is 18.5 Å². The quantitative estimate of drug-likeness (QED) is 0.794. The van der Waals surface area contributed by atoms with Gasteiger partial charge in [0.05, 0.1) is 11.4 Å². The zero-order chi connectivity index (χ0) is 13.0. The number of hydrogen-bond acceptors (Lipinski definition) is 2. The fourth-order valence-electron chi connectivity index (χ4n) is 1.84. The lowest BCUT2D eigenvalue weighted by Gasteiger charge is -2.10. The molecule has 0 unspecified atom stereocenters. The molecule has 0 aliphatic carbocycles. The minimum atomic E-state index is -0.297. The van der Waals surface area contributed by atoms with Gasteiger partial charge in [-0.1, -0.05) is 25.5 Å². The smallest absolute Gasteiger partial charge is 0.125 e. The fraction of sp³-hybridized carbons (Fsp3) is 0.200. The standard InChI is InChI=1S/C15H17FN2/c1-2-3-11-4-7-13(8-5-11)18-15-10-12(16)6-9-14(15)17/h4-10,18H,2-3,17H2,1H3. The first kappa shape index (κ1) is 12.4. The first-order chi connectivity index (χ1) is 8.69. The molecule has 0 aliphatic rings. The van der Waals surface area contributed by atoms with Crippen molar-refractivity contribution in [1.29, 1.82) is 0 Å². The van der Waals surface area contributed by atoms with Gasteiger partial charge in [0, 0.05) is 5.69 Å². The van der Waals surface area contributed by atoms with Crippen LogP contribution in [0.5, 0.6) is 0 Å². The van der Waals surface area contributed by atoms with Crippen molar-refractivity contribution in [2.45, 2.75) is 19.8 Å². The molecule has 0 radical (unpaired) electrons. The van der Waals surface area contributed by atoms with Crippen LogP contribution in [-0.4, -0.2) is 0 Å². The number of benzene rings is 2. The van der Waals surface area contributed by atoms with Gasteiger partial charge >= 0.3 is 0 Å². The molecular weight excluding hydrogens is 227 g/mol. The molecule has 0 heterocycles. The molecule has 0 aromatic heterocycles. The van der Waals surface area contributed by atoms with Crippen molar-refractivity contribution >= 4 is 17.1 Å². The van der Waals surface area contributed by atoms with Gasteiger partial charge in [-0.05, 0) is 42.3 Å². The molecule has 0 saturated heterocycles. The van der Waals surface area contributed by atoms with Gasteiger partial charge in [-0.25, -0.2) is 4.39 Å². The maximum absolute atomic E-state index is 13.1. The first-order valence-corrected chi connectivity index (χ1v) is 6.10. The molecule has 94 valence electrons. The normalized spacial score (nSPS) is 10.3. The van der Waals surface area contributed by atoms with Gasteiger partial charge in [0.1, 0.15) is 5.82 Å². The Morgan fingerprint density at radius 1 is 1.11 bits per heavy atom. The van der Waals surface area contributed by atoms with Crippen molar-refractivity contribution in [3.8, 4) is 0 Å². The highest BCUT2D eigenvalue weighted by Crippen LogP contribution is 2.24. The second kappa shape index (κ2) is 5.54. The van der Waals surface area contributed by atoms with Crippen molar-refractivity contribution in [1.82, 2.24) is 0 Å². The molecule has 2 rings (SSSR count). The Kier molecular flexibility index (Phi) is 3.82. The molecule has 0 aliphatic heterocycles. The Balaban J connectivity index is 2.15. The molecule has 18 heavy (non-hydrogen) atoms. The molecule has 3 N–H and O–H groups in total. The summed E-state index contributed by atoms with van der Waals surface area (Å²) in [7, 11) is 0. The SMILES string of the molecule is CCCc1ccc(Nc2cc(F)ccc2N)cc1. The maximum atomic E-state index is 13.1. The summed E-state index contributed by atoms with van der Waals surface area (Å²) in [6.07, 6.45) is 2.20. The van der Waals surface area contributed by atoms with Crippen LogP contribution in [0.1, 0.15) is 18.9 Å². The van der Waals surface area contributed by atoms with Crippen molar-refractivity contribution in [3.63, 3.8) is 0 Å². The minimum absolute atomic E-state index is 0.297. The van der Waals surface area contributed by atoms with E-state index in [0.29, 0.717) is 11.4 Å². The molecule has 0 bridgehead atoms. The molecule has 2 nitrogen and oxygen atoms in total. The van der Waals surface area contributed by atoms with Crippen molar-refractivity contribution in [2.75, 3.05) is 11.1 Å². The van der Waals surface area contributed by atoms with E-state index in [1.165, 1.54) is 17.7 Å². The summed E-state index contributed by atoms with van der Waals surface area (Å²) < 4.78 is 13.1. The Morgan fingerprint density at radius 2 is 1.83 bits per heavy atom. The van der Waals surface area contributed by atoms with Crippen molar-refractivity contribution in [3.05, 3.63) is 53.8 Å². The second-order valence-corrected chi connectivity index (χ2v) is 4.30. The Labute approximate surface area is 107 Å². The zero-order valence-corrected chi connectivity index (χ0v) is 10.4. The van der Waals surface area contributed by atoms with E-state index >= 15 is 0 Å². The number of nitrogens with two attached hydrogens (primary N) is 1. The monoisotopic (exact) mass is 244 g/mol. The maximum Gasteiger partial charge on any atom is 0.125 e. The van der Waals surface area contributed by atoms with Gasteiger partial charge in [0.15, 0.2) is 0 Å². The molecule has 0 atom stereocenters. The number of aryl methyl sites for hydroxylation is 1. The van der Waals surface area contributed by atoms with E-state index in [4.69, 9.17) is 5.73 Å². The highest BCUT2D eigenvalue weighted by Gasteiger charge is 2.01. The van der Waals surface area contributed by atoms with E-state index in [1.54, 1.807) is 6.07 Å². The summed E-state index contributed by atoms with van der Waals surface area (Å²) in [5, 5.41) is 3.12. The third-order valence-corrected chi connectivity index (χ3v) is 2.79. The van der Waals surface area contributed by atoms with Crippen LogP contribution >= 0.6 is 0 Å². The molecular formula is C15H17FN2. The predicted molar refractivity (Wildman–Crippen MR) is 74.5 cm³/mol. The number of rotatable bonds is 4. The van der Waals surface area contributed by atoms with E-state index < -0.39 is 0 Å². The number of nitrogens with one attached hydrogen (secondary N) is 1. The van der Waals surface area contributed by atoms with Crippen LogP contribution in [0.3, 0.4) is 0 Å². The summed E-state index contributed by atoms with van der Waals surface area (Å²) in [4.78, 5) is 0. The van der Waals surface area contributed by atoms with E-state index in [-0.39, 0.29) is 5.82 Å². The predicted octanol–water partition coefficient (Wildman–Crippen LogP) is 4.10. The summed E-state index contributed by atoms with van der Waals surface area (Å²) in [6, 6.07) is 12.4. The van der Waals surface area contributed by atoms with E-state index in [9.17, 15) is 4.39 Å². The van der Waals surface area contributed by atoms with Gasteiger partial charge in [0.25, 0.3) is 0 Å². The lowest BCUT2D eigenvalue weighted by molar-refractivity contribution is 0.628. The molecule has 2 aromatic carbocycles. The summed E-state index contributed by atoms with van der Waals surface area (Å²) in [6.45, 7) is 2.15. The number of halogens is 1. The summed E-state index contributed by atoms with van der Waals surface area (Å²) >= 11 is 0. The molecule has 0 amide bonds. The third-order valence-electron chi connectivity index (χ3n) is 2.79. The van der Waals surface area contributed by atoms with Crippen LogP contribution in [-0.2, 0) is 6.42 Å². The minimum Gasteiger partial charge on any atom is -0.397 e. The molecule has 2 aromatic rings. The van der Waals surface area contributed by atoms with Gasteiger partial charge in [-0.15, -0.1) is 0 Å². The summed E-state index contributed by atoms with van der Waals surface area (Å²) in [5.74, 6) is -0.297. The van der Waals surface area contributed by atoms with Crippen LogP contribution in [0.4, 0.5) is 21.5 Å². The molecule has 0 saturated carbocycles. The first-order valence-electron chi connectivity index (χ1n) is 6.10. The fourth-order valence-corrected chi connectivity index (χ4v) is 1.84. The average molecular weight is 244 g/mol. The van der Waals surface area contributed by atoms with Crippen molar-refractivity contribution < 1.29 is 4.39 Å². The molecule has 3 heteroatoms. The third kappa shape index (κ3) is 3.00. The van der Waals surface area contributed by atoms with Crippen LogP contribution in [0, 0.1) is 5.82 Å².